The molecule has 3 saturated carbocycles. The monoisotopic (exact) mass is 394 g/mol. The minimum absolute atomic E-state index is 0.00612. The molecule has 0 aromatic rings. The predicted octanol–water partition coefficient (Wildman–Crippen LogP) is 7.40. The van der Waals surface area contributed by atoms with Crippen molar-refractivity contribution < 1.29 is 5.11 Å². The molecule has 4 rings (SSSR count). The molecular weight excluding hydrogens is 352 g/mol. The number of allylic oxidation sites excluding steroid dienone is 7. The normalized spacial score (nSPS) is 42.4. The summed E-state index contributed by atoms with van der Waals surface area (Å²) in [7, 11) is 0. The predicted molar refractivity (Wildman–Crippen MR) is 124 cm³/mol. The Balaban J connectivity index is 1.61. The number of aliphatic hydroxyl groups excluding tert-OH is 1. The van der Waals surface area contributed by atoms with Crippen LogP contribution in [0.5, 0.6) is 0 Å². The van der Waals surface area contributed by atoms with Crippen molar-refractivity contribution in [1.82, 2.24) is 0 Å². The van der Waals surface area contributed by atoms with Crippen LogP contribution in [-0.4, -0.2) is 11.2 Å². The lowest BCUT2D eigenvalue weighted by Gasteiger charge is -2.56. The van der Waals surface area contributed by atoms with Gasteiger partial charge < -0.3 is 5.11 Å². The highest BCUT2D eigenvalue weighted by molar-refractivity contribution is 5.39. The van der Waals surface area contributed by atoms with Crippen LogP contribution in [0.2, 0.25) is 0 Å². The Morgan fingerprint density at radius 2 is 1.83 bits per heavy atom. The van der Waals surface area contributed by atoms with Crippen LogP contribution in [0, 0.1) is 34.5 Å². The highest BCUT2D eigenvalue weighted by Crippen LogP contribution is 2.65. The summed E-state index contributed by atoms with van der Waals surface area (Å²) in [6, 6.07) is 0. The lowest BCUT2D eigenvalue weighted by Crippen LogP contribution is -2.50. The fourth-order valence-corrected chi connectivity index (χ4v) is 7.56. The summed E-state index contributed by atoms with van der Waals surface area (Å²) < 4.78 is 0. The summed E-state index contributed by atoms with van der Waals surface area (Å²) in [4.78, 5) is 0. The minimum Gasteiger partial charge on any atom is -0.392 e. The molecule has 0 bridgehead atoms. The van der Waals surface area contributed by atoms with Crippen LogP contribution in [-0.2, 0) is 0 Å². The first-order valence-electron chi connectivity index (χ1n) is 12.1. The summed E-state index contributed by atoms with van der Waals surface area (Å²) in [5.74, 6) is 2.66. The van der Waals surface area contributed by atoms with Crippen molar-refractivity contribution in [3.8, 4) is 0 Å². The van der Waals surface area contributed by atoms with Crippen LogP contribution in [0.15, 0.2) is 46.6 Å². The Morgan fingerprint density at radius 3 is 2.55 bits per heavy atom. The summed E-state index contributed by atoms with van der Waals surface area (Å²) in [5.41, 5.74) is 6.44. The maximum atomic E-state index is 11.0. The molecule has 0 spiro atoms. The maximum Gasteiger partial charge on any atom is 0.0636 e. The van der Waals surface area contributed by atoms with E-state index in [1.165, 1.54) is 48.8 Å². The van der Waals surface area contributed by atoms with Crippen molar-refractivity contribution in [3.05, 3.63) is 46.6 Å². The molecule has 0 saturated heterocycles. The van der Waals surface area contributed by atoms with Crippen molar-refractivity contribution in [2.45, 2.75) is 92.6 Å². The van der Waals surface area contributed by atoms with Crippen LogP contribution >= 0.6 is 0 Å². The first-order valence-corrected chi connectivity index (χ1v) is 12.1. The van der Waals surface area contributed by atoms with E-state index >= 15 is 0 Å². The van der Waals surface area contributed by atoms with E-state index in [-0.39, 0.29) is 11.5 Å². The standard InChI is InChI=1S/C28H42O/c1-18(2)19(3)10-11-20(4)23-14-15-24-22-13-12-21-8-7-9-26(29)28(21,6)25(22)16-17-27(23,24)5/h10-13,20,23-26,29H,7-9,14-17H2,1-6H3/b11-10+/t20-,23-,24+,25+,26?,27-,28+/m1/s1. The van der Waals surface area contributed by atoms with Crippen molar-refractivity contribution in [2.75, 3.05) is 0 Å². The number of aliphatic hydroxyl groups is 1. The Bertz CT molecular complexity index is 776. The second-order valence-corrected chi connectivity index (χ2v) is 11.3. The van der Waals surface area contributed by atoms with E-state index in [0.717, 1.165) is 18.8 Å². The van der Waals surface area contributed by atoms with E-state index in [1.807, 2.05) is 0 Å². The highest BCUT2D eigenvalue weighted by Gasteiger charge is 2.58. The second kappa shape index (κ2) is 7.56. The molecule has 1 nitrogen and oxygen atoms in total. The van der Waals surface area contributed by atoms with Crippen LogP contribution in [0.25, 0.3) is 0 Å². The van der Waals surface area contributed by atoms with Crippen molar-refractivity contribution in [2.24, 2.45) is 34.5 Å². The zero-order chi connectivity index (χ0) is 21.0. The lowest BCUT2D eigenvalue weighted by molar-refractivity contribution is -0.0229. The molecule has 0 aromatic carbocycles. The van der Waals surface area contributed by atoms with Gasteiger partial charge in [-0.3, -0.25) is 0 Å². The number of rotatable bonds is 3. The second-order valence-electron chi connectivity index (χ2n) is 11.3. The molecule has 1 unspecified atom stereocenters. The van der Waals surface area contributed by atoms with Gasteiger partial charge in [0.2, 0.25) is 0 Å². The molecule has 3 fully saturated rings. The van der Waals surface area contributed by atoms with E-state index < -0.39 is 0 Å². The molecule has 0 radical (unpaired) electrons. The molecule has 0 aromatic heterocycles. The lowest BCUT2D eigenvalue weighted by atomic mass is 9.49. The van der Waals surface area contributed by atoms with Crippen LogP contribution in [0.4, 0.5) is 0 Å². The summed E-state index contributed by atoms with van der Waals surface area (Å²) >= 11 is 0. The molecule has 4 aliphatic carbocycles. The van der Waals surface area contributed by atoms with Gasteiger partial charge in [-0.2, -0.15) is 0 Å². The molecule has 0 amide bonds. The van der Waals surface area contributed by atoms with Gasteiger partial charge in [-0.15, -0.1) is 0 Å². The van der Waals surface area contributed by atoms with Gasteiger partial charge in [0, 0.05) is 5.41 Å². The summed E-state index contributed by atoms with van der Waals surface area (Å²) in [6.07, 6.45) is 18.2. The average Bonchev–Trinajstić information content (AvgIpc) is 3.04. The van der Waals surface area contributed by atoms with Gasteiger partial charge in [-0.05, 0) is 94.8 Å². The van der Waals surface area contributed by atoms with Gasteiger partial charge in [0.15, 0.2) is 0 Å². The van der Waals surface area contributed by atoms with Crippen molar-refractivity contribution >= 4 is 0 Å². The number of fused-ring (bicyclic) bond motifs is 5. The van der Waals surface area contributed by atoms with E-state index in [1.54, 1.807) is 5.57 Å². The number of hydrogen-bond acceptors (Lipinski definition) is 1. The third-order valence-electron chi connectivity index (χ3n) is 9.77. The Hall–Kier alpha value is -1.08. The van der Waals surface area contributed by atoms with Gasteiger partial charge in [-0.1, -0.05) is 67.4 Å². The Morgan fingerprint density at radius 1 is 1.07 bits per heavy atom. The van der Waals surface area contributed by atoms with E-state index in [2.05, 4.69) is 65.8 Å². The molecule has 0 aliphatic heterocycles. The summed E-state index contributed by atoms with van der Waals surface area (Å²) in [6.45, 7) is 14.0. The molecular formula is C28H42O. The molecule has 160 valence electrons. The topological polar surface area (TPSA) is 20.2 Å². The van der Waals surface area contributed by atoms with Crippen molar-refractivity contribution in [3.63, 3.8) is 0 Å². The smallest absolute Gasteiger partial charge is 0.0636 e. The highest BCUT2D eigenvalue weighted by atomic mass is 16.3. The van der Waals surface area contributed by atoms with Gasteiger partial charge >= 0.3 is 0 Å². The average molecular weight is 395 g/mol. The molecule has 29 heavy (non-hydrogen) atoms. The van der Waals surface area contributed by atoms with Gasteiger partial charge in [0.25, 0.3) is 0 Å². The summed E-state index contributed by atoms with van der Waals surface area (Å²) in [5, 5.41) is 11.0. The van der Waals surface area contributed by atoms with Gasteiger partial charge in [0.05, 0.1) is 6.10 Å². The van der Waals surface area contributed by atoms with Crippen LogP contribution in [0.3, 0.4) is 0 Å². The molecule has 1 N–H and O–H groups in total. The van der Waals surface area contributed by atoms with E-state index in [4.69, 9.17) is 0 Å². The maximum absolute atomic E-state index is 11.0. The quantitative estimate of drug-likeness (QED) is 0.495. The zero-order valence-corrected chi connectivity index (χ0v) is 19.6. The largest absolute Gasteiger partial charge is 0.392 e. The Labute approximate surface area is 179 Å². The fourth-order valence-electron chi connectivity index (χ4n) is 7.56. The van der Waals surface area contributed by atoms with E-state index in [0.29, 0.717) is 23.2 Å². The van der Waals surface area contributed by atoms with Gasteiger partial charge in [0.1, 0.15) is 0 Å². The molecule has 0 heterocycles. The Kier molecular flexibility index (Phi) is 5.52. The van der Waals surface area contributed by atoms with Gasteiger partial charge in [-0.25, -0.2) is 0 Å². The number of hydrogen-bond donors (Lipinski definition) is 1. The van der Waals surface area contributed by atoms with Crippen LogP contribution in [0.1, 0.15) is 86.5 Å². The third-order valence-corrected chi connectivity index (χ3v) is 9.77. The van der Waals surface area contributed by atoms with Crippen molar-refractivity contribution in [1.29, 1.82) is 0 Å². The first-order chi connectivity index (χ1) is 13.7. The SMILES string of the molecule is CC(C)=C(C)/C=C/[C@@H](C)[C@H]1CC[C@H]2C3=CC=C4CCCC(O)[C@]4(C)[C@H]3CC[C@]12C. The zero-order valence-electron chi connectivity index (χ0n) is 19.6. The molecule has 1 heteroatoms. The molecule has 7 atom stereocenters. The van der Waals surface area contributed by atoms with E-state index in [9.17, 15) is 5.11 Å². The first kappa shape index (κ1) is 21.2. The third kappa shape index (κ3) is 3.23. The minimum atomic E-state index is -0.161. The fraction of sp³-hybridized carbons (Fsp3) is 0.714. The van der Waals surface area contributed by atoms with Crippen LogP contribution < -0.4 is 0 Å². The molecule has 4 aliphatic rings.